The molecular formula is C15H14N2O2. The molecule has 2 saturated carbocycles. The van der Waals surface area contributed by atoms with Crippen LogP contribution in [0, 0.1) is 5.41 Å². The largest absolute Gasteiger partial charge is 0.300 e. The van der Waals surface area contributed by atoms with Crippen LogP contribution in [-0.2, 0) is 4.79 Å². The Hall–Kier alpha value is -1.97. The number of nitrogens with zero attached hydrogens (tertiary/aromatic N) is 2. The average molecular weight is 254 g/mol. The lowest BCUT2D eigenvalue weighted by molar-refractivity contribution is -0.141. The summed E-state index contributed by atoms with van der Waals surface area (Å²) in [5.41, 5.74) is 1.00. The van der Waals surface area contributed by atoms with Crippen LogP contribution in [0.5, 0.6) is 0 Å². The number of carbonyl (C=O) groups excluding carboxylic acids is 1. The summed E-state index contributed by atoms with van der Waals surface area (Å²) in [4.78, 5) is 27.9. The van der Waals surface area contributed by atoms with Gasteiger partial charge in [0.15, 0.2) is 0 Å². The van der Waals surface area contributed by atoms with Crippen molar-refractivity contribution in [3.63, 3.8) is 0 Å². The van der Waals surface area contributed by atoms with Crippen LogP contribution < -0.4 is 5.56 Å². The van der Waals surface area contributed by atoms with E-state index in [0.717, 1.165) is 18.4 Å². The number of fused-ring (bicyclic) bond motifs is 1. The van der Waals surface area contributed by atoms with Crippen LogP contribution in [0.1, 0.15) is 31.7 Å². The van der Waals surface area contributed by atoms with Crippen LogP contribution in [-0.4, -0.2) is 15.3 Å². The molecule has 4 nitrogen and oxygen atoms in total. The zero-order valence-electron chi connectivity index (χ0n) is 10.5. The van der Waals surface area contributed by atoms with Crippen molar-refractivity contribution in [1.29, 1.82) is 0 Å². The standard InChI is InChI=1S/C15H14N2O2/c18-11-7-15(8-11)5-10(6-15)17-9-16-13-4-2-1-3-12(13)14(17)19/h1-4,9-10H,5-8H2. The van der Waals surface area contributed by atoms with E-state index in [9.17, 15) is 9.59 Å². The third-order valence-electron chi connectivity index (χ3n) is 4.57. The normalized spacial score (nSPS) is 21.4. The molecule has 1 aromatic carbocycles. The number of hydrogen-bond acceptors (Lipinski definition) is 3. The van der Waals surface area contributed by atoms with E-state index in [-0.39, 0.29) is 17.0 Å². The summed E-state index contributed by atoms with van der Waals surface area (Å²) in [5, 5.41) is 0.677. The van der Waals surface area contributed by atoms with Crippen LogP contribution >= 0.6 is 0 Å². The Kier molecular flexibility index (Phi) is 2.03. The van der Waals surface area contributed by atoms with Gasteiger partial charge in [0.05, 0.1) is 17.2 Å². The van der Waals surface area contributed by atoms with Gasteiger partial charge in [-0.2, -0.15) is 0 Å². The maximum Gasteiger partial charge on any atom is 0.261 e. The molecule has 0 amide bonds. The summed E-state index contributed by atoms with van der Waals surface area (Å²) in [6.45, 7) is 0. The minimum atomic E-state index is 0.0381. The van der Waals surface area contributed by atoms with Gasteiger partial charge in [-0.1, -0.05) is 12.1 Å². The van der Waals surface area contributed by atoms with Gasteiger partial charge in [0.25, 0.3) is 5.56 Å². The van der Waals surface area contributed by atoms with E-state index in [1.54, 1.807) is 10.9 Å². The van der Waals surface area contributed by atoms with E-state index in [2.05, 4.69) is 4.98 Å². The van der Waals surface area contributed by atoms with Gasteiger partial charge in [-0.3, -0.25) is 14.2 Å². The summed E-state index contributed by atoms with van der Waals surface area (Å²) in [6.07, 6.45) is 4.96. The highest BCUT2D eigenvalue weighted by molar-refractivity contribution is 5.86. The molecule has 4 rings (SSSR count). The van der Waals surface area contributed by atoms with Gasteiger partial charge >= 0.3 is 0 Å². The quantitative estimate of drug-likeness (QED) is 0.783. The van der Waals surface area contributed by atoms with Crippen molar-refractivity contribution >= 4 is 16.7 Å². The molecule has 4 heteroatoms. The van der Waals surface area contributed by atoms with Gasteiger partial charge in [0.1, 0.15) is 5.78 Å². The predicted octanol–water partition coefficient (Wildman–Crippen LogP) is 2.08. The van der Waals surface area contributed by atoms with Gasteiger partial charge in [-0.05, 0) is 30.4 Å². The molecule has 0 bridgehead atoms. The fraction of sp³-hybridized carbons (Fsp3) is 0.400. The van der Waals surface area contributed by atoms with E-state index in [1.165, 1.54) is 0 Å². The van der Waals surface area contributed by atoms with Crippen molar-refractivity contribution in [1.82, 2.24) is 9.55 Å². The summed E-state index contributed by atoms with van der Waals surface area (Å²) in [6, 6.07) is 7.65. The molecule has 2 aliphatic carbocycles. The minimum Gasteiger partial charge on any atom is -0.300 e. The molecule has 0 atom stereocenters. The Morgan fingerprint density at radius 1 is 1.16 bits per heavy atom. The second kappa shape index (κ2) is 3.53. The highest BCUT2D eigenvalue weighted by Gasteiger charge is 2.53. The van der Waals surface area contributed by atoms with Gasteiger partial charge in [0.2, 0.25) is 0 Å². The van der Waals surface area contributed by atoms with Crippen molar-refractivity contribution in [3.05, 3.63) is 40.9 Å². The Bertz CT molecular complexity index is 731. The summed E-state index contributed by atoms with van der Waals surface area (Å²) in [5.74, 6) is 0.363. The summed E-state index contributed by atoms with van der Waals surface area (Å²) in [7, 11) is 0. The monoisotopic (exact) mass is 254 g/mol. The topological polar surface area (TPSA) is 52.0 Å². The first-order chi connectivity index (χ1) is 9.17. The highest BCUT2D eigenvalue weighted by atomic mass is 16.1. The molecule has 0 saturated heterocycles. The molecule has 2 aromatic rings. The fourth-order valence-electron chi connectivity index (χ4n) is 3.55. The van der Waals surface area contributed by atoms with Gasteiger partial charge in [0, 0.05) is 18.9 Å². The molecule has 96 valence electrons. The number of carbonyl (C=O) groups is 1. The first-order valence-electron chi connectivity index (χ1n) is 6.65. The van der Waals surface area contributed by atoms with E-state index in [0.29, 0.717) is 24.0 Å². The number of ketones is 1. The average Bonchev–Trinajstić information content (AvgIpc) is 2.34. The number of hydrogen-bond donors (Lipinski definition) is 0. The molecule has 1 spiro atoms. The fourth-order valence-corrected chi connectivity index (χ4v) is 3.55. The lowest BCUT2D eigenvalue weighted by Crippen LogP contribution is -2.50. The maximum absolute atomic E-state index is 12.4. The van der Waals surface area contributed by atoms with Crippen LogP contribution in [0.2, 0.25) is 0 Å². The molecule has 0 unspecified atom stereocenters. The molecule has 0 aliphatic heterocycles. The van der Waals surface area contributed by atoms with Gasteiger partial charge in [-0.25, -0.2) is 4.98 Å². The number of rotatable bonds is 1. The van der Waals surface area contributed by atoms with Gasteiger partial charge < -0.3 is 0 Å². The molecule has 19 heavy (non-hydrogen) atoms. The Morgan fingerprint density at radius 2 is 1.89 bits per heavy atom. The molecule has 2 fully saturated rings. The van der Waals surface area contributed by atoms with Crippen molar-refractivity contribution in [2.24, 2.45) is 5.41 Å². The zero-order valence-corrected chi connectivity index (χ0v) is 10.5. The lowest BCUT2D eigenvalue weighted by atomic mass is 9.53. The number of Topliss-reactive ketones (excluding diaryl/α,β-unsaturated/α-hetero) is 1. The summed E-state index contributed by atoms with van der Waals surface area (Å²) >= 11 is 0. The number of benzene rings is 1. The van der Waals surface area contributed by atoms with Gasteiger partial charge in [-0.15, -0.1) is 0 Å². The first kappa shape index (κ1) is 10.9. The highest BCUT2D eigenvalue weighted by Crippen LogP contribution is 2.58. The minimum absolute atomic E-state index is 0.0381. The van der Waals surface area contributed by atoms with E-state index in [4.69, 9.17) is 0 Å². The second-order valence-corrected chi connectivity index (χ2v) is 5.93. The van der Waals surface area contributed by atoms with E-state index in [1.807, 2.05) is 24.3 Å². The van der Waals surface area contributed by atoms with Crippen molar-refractivity contribution in [3.8, 4) is 0 Å². The number of aromatic nitrogens is 2. The lowest BCUT2D eigenvalue weighted by Gasteiger charge is -2.53. The molecule has 1 aromatic heterocycles. The Labute approximate surface area is 110 Å². The van der Waals surface area contributed by atoms with Crippen LogP contribution in [0.15, 0.2) is 35.4 Å². The third kappa shape index (κ3) is 1.49. The smallest absolute Gasteiger partial charge is 0.261 e. The molecular weight excluding hydrogens is 240 g/mol. The van der Waals surface area contributed by atoms with Crippen molar-refractivity contribution in [2.45, 2.75) is 31.7 Å². The summed E-state index contributed by atoms with van der Waals surface area (Å²) < 4.78 is 1.75. The predicted molar refractivity (Wildman–Crippen MR) is 70.9 cm³/mol. The number of para-hydroxylation sites is 1. The third-order valence-corrected chi connectivity index (χ3v) is 4.57. The zero-order chi connectivity index (χ0) is 13.0. The van der Waals surface area contributed by atoms with Crippen molar-refractivity contribution in [2.75, 3.05) is 0 Å². The van der Waals surface area contributed by atoms with E-state index < -0.39 is 0 Å². The molecule has 1 heterocycles. The maximum atomic E-state index is 12.4. The molecule has 0 N–H and O–H groups in total. The second-order valence-electron chi connectivity index (χ2n) is 5.93. The van der Waals surface area contributed by atoms with Crippen LogP contribution in [0.4, 0.5) is 0 Å². The van der Waals surface area contributed by atoms with Crippen molar-refractivity contribution < 1.29 is 4.79 Å². The molecule has 2 aliphatic rings. The molecule has 0 radical (unpaired) electrons. The Balaban J connectivity index is 1.68. The van der Waals surface area contributed by atoms with Crippen LogP contribution in [0.3, 0.4) is 0 Å². The van der Waals surface area contributed by atoms with Crippen LogP contribution in [0.25, 0.3) is 10.9 Å². The first-order valence-corrected chi connectivity index (χ1v) is 6.65. The SMILES string of the molecule is O=C1CC2(C1)CC(n1cnc3ccccc3c1=O)C2. The van der Waals surface area contributed by atoms with E-state index >= 15 is 0 Å². The Morgan fingerprint density at radius 3 is 2.63 bits per heavy atom.